The molecule has 2 rings (SSSR count). The van der Waals surface area contributed by atoms with Crippen molar-refractivity contribution in [2.24, 2.45) is 17.6 Å². The fourth-order valence-electron chi connectivity index (χ4n) is 1.33. The van der Waals surface area contributed by atoms with Crippen LogP contribution >= 0.6 is 0 Å². The summed E-state index contributed by atoms with van der Waals surface area (Å²) in [6.45, 7) is 0. The van der Waals surface area contributed by atoms with Crippen LogP contribution in [0.25, 0.3) is 0 Å². The Bertz CT molecular complexity index is 212. The molecule has 0 radical (unpaired) electrons. The predicted octanol–water partition coefficient (Wildman–Crippen LogP) is 1.22. The van der Waals surface area contributed by atoms with E-state index in [1.54, 1.807) is 0 Å². The van der Waals surface area contributed by atoms with Crippen molar-refractivity contribution < 1.29 is 4.79 Å². The second-order valence-electron chi connectivity index (χ2n) is 3.60. The topological polar surface area (TPSA) is 43.1 Å². The summed E-state index contributed by atoms with van der Waals surface area (Å²) in [5, 5.41) is 0. The second-order valence-corrected chi connectivity index (χ2v) is 3.60. The minimum Gasteiger partial charge on any atom is -0.366 e. The molecular weight excluding hydrogens is 138 g/mol. The van der Waals surface area contributed by atoms with Gasteiger partial charge in [-0.1, -0.05) is 6.08 Å². The van der Waals surface area contributed by atoms with Gasteiger partial charge < -0.3 is 5.73 Å². The Labute approximate surface area is 66.5 Å². The van der Waals surface area contributed by atoms with E-state index in [4.69, 9.17) is 5.73 Å². The maximum absolute atomic E-state index is 10.9. The van der Waals surface area contributed by atoms with Crippen molar-refractivity contribution in [1.29, 1.82) is 0 Å². The number of carbonyl (C=O) groups excluding carboxylic acids is 1. The highest BCUT2D eigenvalue weighted by Gasteiger charge is 2.31. The van der Waals surface area contributed by atoms with Crippen molar-refractivity contribution in [3.8, 4) is 0 Å². The molecule has 1 amide bonds. The molecule has 2 aliphatic carbocycles. The van der Waals surface area contributed by atoms with Crippen LogP contribution in [-0.4, -0.2) is 5.91 Å². The first-order chi connectivity index (χ1) is 5.27. The minimum absolute atomic E-state index is 0.195. The van der Waals surface area contributed by atoms with Crippen LogP contribution in [0.3, 0.4) is 0 Å². The maximum atomic E-state index is 10.9. The molecule has 0 saturated heterocycles. The molecule has 0 aromatic rings. The van der Waals surface area contributed by atoms with Crippen LogP contribution in [0.4, 0.5) is 0 Å². The lowest BCUT2D eigenvalue weighted by atomic mass is 10.1. The summed E-state index contributed by atoms with van der Waals surface area (Å²) >= 11 is 0. The molecule has 0 aromatic carbocycles. The molecule has 0 bridgehead atoms. The number of allylic oxidation sites excluding steroid dienone is 1. The van der Waals surface area contributed by atoms with Gasteiger partial charge in [0.2, 0.25) is 5.91 Å². The van der Waals surface area contributed by atoms with E-state index in [-0.39, 0.29) is 5.91 Å². The molecule has 11 heavy (non-hydrogen) atoms. The van der Waals surface area contributed by atoms with Crippen molar-refractivity contribution in [1.82, 2.24) is 0 Å². The van der Waals surface area contributed by atoms with E-state index in [9.17, 15) is 4.79 Å². The van der Waals surface area contributed by atoms with Gasteiger partial charge in [0.25, 0.3) is 0 Å². The van der Waals surface area contributed by atoms with E-state index < -0.39 is 0 Å². The van der Waals surface area contributed by atoms with E-state index >= 15 is 0 Å². The SMILES string of the molecule is NC(=O)/C(=C\C1CC1)C1CC1. The van der Waals surface area contributed by atoms with E-state index in [1.807, 2.05) is 0 Å². The summed E-state index contributed by atoms with van der Waals surface area (Å²) in [4.78, 5) is 10.9. The largest absolute Gasteiger partial charge is 0.366 e. The first kappa shape index (κ1) is 6.89. The number of carbonyl (C=O) groups is 1. The third kappa shape index (κ3) is 1.62. The number of hydrogen-bond donors (Lipinski definition) is 1. The summed E-state index contributed by atoms with van der Waals surface area (Å²) < 4.78 is 0. The Morgan fingerprint density at radius 2 is 1.91 bits per heavy atom. The molecule has 0 spiro atoms. The van der Waals surface area contributed by atoms with Crippen LogP contribution in [0.15, 0.2) is 11.6 Å². The van der Waals surface area contributed by atoms with E-state index in [0.29, 0.717) is 11.8 Å². The highest BCUT2D eigenvalue weighted by atomic mass is 16.1. The first-order valence-corrected chi connectivity index (χ1v) is 4.29. The van der Waals surface area contributed by atoms with Crippen LogP contribution in [0.1, 0.15) is 25.7 Å². The Balaban J connectivity index is 2.06. The molecule has 2 heteroatoms. The van der Waals surface area contributed by atoms with Crippen LogP contribution in [0, 0.1) is 11.8 Å². The van der Waals surface area contributed by atoms with Crippen molar-refractivity contribution in [2.45, 2.75) is 25.7 Å². The Morgan fingerprint density at radius 3 is 2.27 bits per heavy atom. The highest BCUT2D eigenvalue weighted by Crippen LogP contribution is 2.40. The molecule has 2 saturated carbocycles. The molecule has 2 aliphatic rings. The second kappa shape index (κ2) is 2.36. The van der Waals surface area contributed by atoms with Gasteiger partial charge in [-0.3, -0.25) is 4.79 Å². The van der Waals surface area contributed by atoms with Gasteiger partial charge in [0.15, 0.2) is 0 Å². The zero-order valence-electron chi connectivity index (χ0n) is 6.55. The van der Waals surface area contributed by atoms with E-state index in [2.05, 4.69) is 6.08 Å². The lowest BCUT2D eigenvalue weighted by Gasteiger charge is -1.98. The van der Waals surface area contributed by atoms with Gasteiger partial charge in [-0.15, -0.1) is 0 Å². The van der Waals surface area contributed by atoms with Crippen molar-refractivity contribution in [3.05, 3.63) is 11.6 Å². The molecule has 0 aliphatic heterocycles. The minimum atomic E-state index is -0.195. The smallest absolute Gasteiger partial charge is 0.244 e. The quantitative estimate of drug-likeness (QED) is 0.605. The maximum Gasteiger partial charge on any atom is 0.244 e. The molecular formula is C9H13NO. The van der Waals surface area contributed by atoms with Crippen LogP contribution in [0.2, 0.25) is 0 Å². The number of amides is 1. The lowest BCUT2D eigenvalue weighted by Crippen LogP contribution is -2.15. The average molecular weight is 151 g/mol. The first-order valence-electron chi connectivity index (χ1n) is 4.29. The number of primary amides is 1. The molecule has 0 heterocycles. The zero-order chi connectivity index (χ0) is 7.84. The normalized spacial score (nSPS) is 25.3. The summed E-state index contributed by atoms with van der Waals surface area (Å²) in [5.41, 5.74) is 6.16. The van der Waals surface area contributed by atoms with Gasteiger partial charge in [-0.05, 0) is 37.5 Å². The summed E-state index contributed by atoms with van der Waals surface area (Å²) in [5.74, 6) is 1.01. The van der Waals surface area contributed by atoms with Crippen molar-refractivity contribution >= 4 is 5.91 Å². The van der Waals surface area contributed by atoms with Crippen LogP contribution in [0.5, 0.6) is 0 Å². The number of rotatable bonds is 3. The van der Waals surface area contributed by atoms with Crippen molar-refractivity contribution in [3.63, 3.8) is 0 Å². The summed E-state index contributed by atoms with van der Waals surface area (Å²) in [6.07, 6.45) is 6.94. The Kier molecular flexibility index (Phi) is 1.48. The monoisotopic (exact) mass is 151 g/mol. The van der Waals surface area contributed by atoms with Gasteiger partial charge in [-0.2, -0.15) is 0 Å². The van der Waals surface area contributed by atoms with Gasteiger partial charge >= 0.3 is 0 Å². The molecule has 0 unspecified atom stereocenters. The molecule has 0 atom stereocenters. The Morgan fingerprint density at radius 1 is 1.27 bits per heavy atom. The van der Waals surface area contributed by atoms with Gasteiger partial charge in [0.05, 0.1) is 0 Å². The molecule has 2 fully saturated rings. The number of nitrogens with two attached hydrogens (primary N) is 1. The zero-order valence-corrected chi connectivity index (χ0v) is 6.55. The summed E-state index contributed by atoms with van der Waals surface area (Å²) in [7, 11) is 0. The standard InChI is InChI=1S/C9H13NO/c10-9(11)8(7-3-4-7)5-6-1-2-6/h5-7H,1-4H2,(H2,10,11)/b8-5-. The highest BCUT2D eigenvalue weighted by molar-refractivity contribution is 5.93. The van der Waals surface area contributed by atoms with Gasteiger partial charge in [0, 0.05) is 5.57 Å². The molecule has 0 aromatic heterocycles. The number of hydrogen-bond acceptors (Lipinski definition) is 1. The molecule has 2 nitrogen and oxygen atoms in total. The molecule has 60 valence electrons. The average Bonchev–Trinajstić information content (AvgIpc) is 2.78. The third-order valence-corrected chi connectivity index (χ3v) is 2.34. The Hall–Kier alpha value is -0.790. The predicted molar refractivity (Wildman–Crippen MR) is 42.7 cm³/mol. The fourth-order valence-corrected chi connectivity index (χ4v) is 1.33. The van der Waals surface area contributed by atoms with Crippen LogP contribution < -0.4 is 5.73 Å². The van der Waals surface area contributed by atoms with Gasteiger partial charge in [0.1, 0.15) is 0 Å². The lowest BCUT2D eigenvalue weighted by molar-refractivity contribution is -0.114. The van der Waals surface area contributed by atoms with E-state index in [1.165, 1.54) is 25.7 Å². The van der Waals surface area contributed by atoms with E-state index in [0.717, 1.165) is 5.57 Å². The van der Waals surface area contributed by atoms with Gasteiger partial charge in [-0.25, -0.2) is 0 Å². The third-order valence-electron chi connectivity index (χ3n) is 2.34. The fraction of sp³-hybridized carbons (Fsp3) is 0.667. The van der Waals surface area contributed by atoms with Crippen LogP contribution in [-0.2, 0) is 4.79 Å². The summed E-state index contributed by atoms with van der Waals surface area (Å²) in [6, 6.07) is 0. The van der Waals surface area contributed by atoms with Crippen molar-refractivity contribution in [2.75, 3.05) is 0 Å². The molecule has 2 N–H and O–H groups in total.